The van der Waals surface area contributed by atoms with Crippen LogP contribution in [-0.4, -0.2) is 25.1 Å². The van der Waals surface area contributed by atoms with Gasteiger partial charge >= 0.3 is 12.1 Å². The second kappa shape index (κ2) is 6.60. The molecule has 0 bridgehead atoms. The lowest BCUT2D eigenvalue weighted by atomic mass is 10.2. The quantitative estimate of drug-likeness (QED) is 0.653. The van der Waals surface area contributed by atoms with Crippen LogP contribution in [0.5, 0.6) is 5.75 Å². The fourth-order valence-electron chi connectivity index (χ4n) is 1.12. The fourth-order valence-corrected chi connectivity index (χ4v) is 1.12. The maximum Gasteiger partial charge on any atom is 0.472 e. The van der Waals surface area contributed by atoms with Gasteiger partial charge in [0, 0.05) is 6.08 Å². The van der Waals surface area contributed by atoms with Gasteiger partial charge in [-0.15, -0.1) is 0 Å². The lowest BCUT2D eigenvalue weighted by Gasteiger charge is -2.07. The number of alkyl halides is 3. The van der Waals surface area contributed by atoms with Gasteiger partial charge in [-0.1, -0.05) is 12.1 Å². The number of amides is 2. The van der Waals surface area contributed by atoms with Crippen molar-refractivity contribution in [3.63, 3.8) is 0 Å². The fraction of sp³-hybridized carbons (Fsp3) is 0.167. The van der Waals surface area contributed by atoms with Gasteiger partial charge in [-0.3, -0.25) is 20.4 Å². The van der Waals surface area contributed by atoms with E-state index in [9.17, 15) is 22.8 Å². The summed E-state index contributed by atoms with van der Waals surface area (Å²) in [5.74, 6) is -2.51. The molecule has 1 aromatic carbocycles. The summed E-state index contributed by atoms with van der Waals surface area (Å²) in [6.07, 6.45) is -2.69. The predicted octanol–water partition coefficient (Wildman–Crippen LogP) is 1.42. The average molecular weight is 288 g/mol. The molecule has 0 unspecified atom stereocenters. The largest absolute Gasteiger partial charge is 0.497 e. The van der Waals surface area contributed by atoms with Crippen molar-refractivity contribution < 1.29 is 27.5 Å². The Kier molecular flexibility index (Phi) is 5.13. The van der Waals surface area contributed by atoms with Crippen molar-refractivity contribution in [1.82, 2.24) is 10.9 Å². The van der Waals surface area contributed by atoms with E-state index in [0.717, 1.165) is 6.08 Å². The number of hydrogen-bond donors (Lipinski definition) is 2. The van der Waals surface area contributed by atoms with Gasteiger partial charge in [0.25, 0.3) is 5.91 Å². The van der Waals surface area contributed by atoms with E-state index in [-0.39, 0.29) is 0 Å². The van der Waals surface area contributed by atoms with E-state index in [1.165, 1.54) is 18.6 Å². The summed E-state index contributed by atoms with van der Waals surface area (Å²) in [4.78, 5) is 21.6. The molecule has 0 saturated heterocycles. The van der Waals surface area contributed by atoms with Crippen molar-refractivity contribution in [3.8, 4) is 5.75 Å². The number of carbonyl (C=O) groups is 2. The summed E-state index contributed by atoms with van der Waals surface area (Å²) in [6.45, 7) is 0. The first-order valence-corrected chi connectivity index (χ1v) is 5.32. The molecule has 0 aromatic heterocycles. The Morgan fingerprint density at radius 2 is 1.75 bits per heavy atom. The third-order valence-corrected chi connectivity index (χ3v) is 2.10. The van der Waals surface area contributed by atoms with Crippen LogP contribution in [0, 0.1) is 0 Å². The molecule has 2 N–H and O–H groups in total. The molecule has 0 atom stereocenters. The first-order chi connectivity index (χ1) is 9.32. The summed E-state index contributed by atoms with van der Waals surface area (Å²) >= 11 is 0. The van der Waals surface area contributed by atoms with Crippen molar-refractivity contribution in [2.45, 2.75) is 6.18 Å². The molecule has 0 fully saturated rings. The van der Waals surface area contributed by atoms with Gasteiger partial charge in [-0.25, -0.2) is 0 Å². The molecule has 0 aliphatic rings. The first-order valence-electron chi connectivity index (χ1n) is 5.32. The van der Waals surface area contributed by atoms with E-state index in [4.69, 9.17) is 4.74 Å². The molecule has 0 aliphatic heterocycles. The Hall–Kier alpha value is -2.51. The zero-order valence-electron chi connectivity index (χ0n) is 10.3. The average Bonchev–Trinajstić information content (AvgIpc) is 2.41. The SMILES string of the molecule is COc1ccc(C=CC(=O)NNC(=O)C(F)(F)F)cc1. The molecule has 5 nitrogen and oxygen atoms in total. The van der Waals surface area contributed by atoms with Crippen LogP contribution in [0.1, 0.15) is 5.56 Å². The Morgan fingerprint density at radius 3 is 2.25 bits per heavy atom. The van der Waals surface area contributed by atoms with E-state index in [1.807, 2.05) is 0 Å². The molecule has 1 rings (SSSR count). The Morgan fingerprint density at radius 1 is 1.15 bits per heavy atom. The van der Waals surface area contributed by atoms with Gasteiger partial charge in [0.15, 0.2) is 0 Å². The second-order valence-corrected chi connectivity index (χ2v) is 3.55. The topological polar surface area (TPSA) is 67.4 Å². The summed E-state index contributed by atoms with van der Waals surface area (Å²) in [6, 6.07) is 6.61. The first kappa shape index (κ1) is 15.5. The Bertz CT molecular complexity index is 510. The number of hydrazine groups is 1. The lowest BCUT2D eigenvalue weighted by molar-refractivity contribution is -0.175. The van der Waals surface area contributed by atoms with Crippen LogP contribution in [0.4, 0.5) is 13.2 Å². The highest BCUT2D eigenvalue weighted by molar-refractivity contribution is 5.93. The van der Waals surface area contributed by atoms with E-state index >= 15 is 0 Å². The highest BCUT2D eigenvalue weighted by Gasteiger charge is 2.38. The molecule has 2 amide bonds. The van der Waals surface area contributed by atoms with E-state index in [1.54, 1.807) is 29.7 Å². The molecule has 0 spiro atoms. The number of halogens is 3. The minimum atomic E-state index is -5.05. The molecule has 0 heterocycles. The molecule has 108 valence electrons. The van der Waals surface area contributed by atoms with Gasteiger partial charge < -0.3 is 4.74 Å². The maximum atomic E-state index is 11.8. The minimum Gasteiger partial charge on any atom is -0.497 e. The van der Waals surface area contributed by atoms with Gasteiger partial charge in [0.1, 0.15) is 5.75 Å². The van der Waals surface area contributed by atoms with Crippen LogP contribution < -0.4 is 15.6 Å². The standard InChI is InChI=1S/C12H11F3N2O3/c1-20-9-5-2-8(3-6-9)4-7-10(18)16-17-11(19)12(13,14)15/h2-7H,1H3,(H,16,18)(H,17,19). The van der Waals surface area contributed by atoms with Crippen LogP contribution in [0.3, 0.4) is 0 Å². The highest BCUT2D eigenvalue weighted by Crippen LogP contribution is 2.13. The van der Waals surface area contributed by atoms with E-state index in [0.29, 0.717) is 11.3 Å². The number of benzene rings is 1. The summed E-state index contributed by atoms with van der Waals surface area (Å²) in [7, 11) is 1.50. The van der Waals surface area contributed by atoms with Crippen LogP contribution >= 0.6 is 0 Å². The number of methoxy groups -OCH3 is 1. The lowest BCUT2D eigenvalue weighted by Crippen LogP contribution is -2.47. The molecule has 1 aromatic rings. The van der Waals surface area contributed by atoms with Gasteiger partial charge in [-0.05, 0) is 23.8 Å². The van der Waals surface area contributed by atoms with Crippen molar-refractivity contribution in [2.24, 2.45) is 0 Å². The molecular weight excluding hydrogens is 277 g/mol. The second-order valence-electron chi connectivity index (χ2n) is 3.55. The van der Waals surface area contributed by atoms with Crippen molar-refractivity contribution in [2.75, 3.05) is 7.11 Å². The van der Waals surface area contributed by atoms with E-state index < -0.39 is 18.0 Å². The van der Waals surface area contributed by atoms with Gasteiger partial charge in [0.2, 0.25) is 0 Å². The third-order valence-electron chi connectivity index (χ3n) is 2.10. The van der Waals surface area contributed by atoms with Crippen LogP contribution in [-0.2, 0) is 9.59 Å². The van der Waals surface area contributed by atoms with Crippen molar-refractivity contribution in [3.05, 3.63) is 35.9 Å². The minimum absolute atomic E-state index is 0.629. The molecule has 0 saturated carbocycles. The maximum absolute atomic E-state index is 11.8. The van der Waals surface area contributed by atoms with Crippen molar-refractivity contribution >= 4 is 17.9 Å². The zero-order chi connectivity index (χ0) is 15.2. The molecular formula is C12H11F3N2O3. The normalized spacial score (nSPS) is 11.2. The zero-order valence-corrected chi connectivity index (χ0v) is 10.3. The number of hydrogen-bond acceptors (Lipinski definition) is 3. The molecule has 0 aliphatic carbocycles. The smallest absolute Gasteiger partial charge is 0.472 e. The predicted molar refractivity (Wildman–Crippen MR) is 64.4 cm³/mol. The summed E-state index contributed by atoms with van der Waals surface area (Å²) in [5, 5.41) is 0. The van der Waals surface area contributed by atoms with E-state index in [2.05, 4.69) is 0 Å². The highest BCUT2D eigenvalue weighted by atomic mass is 19.4. The number of carbonyl (C=O) groups excluding carboxylic acids is 2. The van der Waals surface area contributed by atoms with Crippen LogP contribution in [0.2, 0.25) is 0 Å². The molecule has 20 heavy (non-hydrogen) atoms. The van der Waals surface area contributed by atoms with Gasteiger partial charge in [-0.2, -0.15) is 13.2 Å². The molecule has 8 heteroatoms. The summed E-state index contributed by atoms with van der Waals surface area (Å²) in [5.41, 5.74) is 3.50. The molecule has 0 radical (unpaired) electrons. The third kappa shape index (κ3) is 5.01. The Balaban J connectivity index is 2.49. The Labute approximate surface area is 112 Å². The van der Waals surface area contributed by atoms with Gasteiger partial charge in [0.05, 0.1) is 7.11 Å². The number of nitrogens with one attached hydrogen (secondary N) is 2. The number of ether oxygens (including phenoxy) is 1. The van der Waals surface area contributed by atoms with Crippen molar-refractivity contribution in [1.29, 1.82) is 0 Å². The monoisotopic (exact) mass is 288 g/mol. The van der Waals surface area contributed by atoms with Crippen LogP contribution in [0.25, 0.3) is 6.08 Å². The van der Waals surface area contributed by atoms with Crippen LogP contribution in [0.15, 0.2) is 30.3 Å². The summed E-state index contributed by atoms with van der Waals surface area (Å²) < 4.78 is 40.4. The number of rotatable bonds is 3.